The third kappa shape index (κ3) is 2.27. The molecule has 3 heteroatoms. The third-order valence-corrected chi connectivity index (χ3v) is 3.45. The van der Waals surface area contributed by atoms with Crippen LogP contribution >= 0.6 is 0 Å². The highest BCUT2D eigenvalue weighted by Gasteiger charge is 2.35. The van der Waals surface area contributed by atoms with Crippen molar-refractivity contribution in [2.75, 3.05) is 13.1 Å². The topological polar surface area (TPSA) is 40.5 Å². The quantitative estimate of drug-likeness (QED) is 0.754. The lowest BCUT2D eigenvalue weighted by Gasteiger charge is -2.30. The van der Waals surface area contributed by atoms with E-state index in [0.29, 0.717) is 18.5 Å². The molecule has 0 radical (unpaired) electrons. The van der Waals surface area contributed by atoms with Gasteiger partial charge in [-0.15, -0.1) is 0 Å². The number of aliphatic carboxylic acids is 1. The molecule has 1 aliphatic heterocycles. The molecule has 0 aromatic heterocycles. The summed E-state index contributed by atoms with van der Waals surface area (Å²) in [5, 5.41) is 9.03. The molecule has 0 aromatic carbocycles. The minimum Gasteiger partial charge on any atom is -0.481 e. The van der Waals surface area contributed by atoms with E-state index in [2.05, 4.69) is 18.7 Å². The lowest BCUT2D eigenvalue weighted by atomic mass is 9.92. The number of likely N-dealkylation sites (tertiary alicyclic amines) is 1. The normalized spacial score (nSPS) is 29.4. The van der Waals surface area contributed by atoms with E-state index in [9.17, 15) is 4.79 Å². The fourth-order valence-corrected chi connectivity index (χ4v) is 1.97. The van der Waals surface area contributed by atoms with Crippen molar-refractivity contribution in [1.29, 1.82) is 0 Å². The minimum absolute atomic E-state index is 0.522. The maximum atomic E-state index is 11.0. The van der Waals surface area contributed by atoms with E-state index >= 15 is 0 Å². The summed E-state index contributed by atoms with van der Waals surface area (Å²) in [4.78, 5) is 13.3. The number of hydrogen-bond donors (Lipinski definition) is 1. The van der Waals surface area contributed by atoms with Crippen molar-refractivity contribution in [3.05, 3.63) is 0 Å². The number of carbonyl (C=O) groups is 1. The molecule has 14 heavy (non-hydrogen) atoms. The van der Waals surface area contributed by atoms with E-state index in [-0.39, 0.29) is 0 Å². The molecule has 3 nitrogen and oxygen atoms in total. The monoisotopic (exact) mass is 199 g/mol. The van der Waals surface area contributed by atoms with Crippen LogP contribution in [-0.4, -0.2) is 35.1 Å². The molecule has 2 atom stereocenters. The predicted molar refractivity (Wildman–Crippen MR) is 56.2 cm³/mol. The Labute approximate surface area is 86.1 Å². The van der Waals surface area contributed by atoms with Gasteiger partial charge in [0.15, 0.2) is 0 Å². The van der Waals surface area contributed by atoms with Gasteiger partial charge in [-0.3, -0.25) is 9.69 Å². The van der Waals surface area contributed by atoms with Crippen LogP contribution in [0.15, 0.2) is 0 Å². The van der Waals surface area contributed by atoms with Crippen molar-refractivity contribution >= 4 is 5.97 Å². The van der Waals surface area contributed by atoms with Gasteiger partial charge in [0.05, 0.1) is 5.41 Å². The zero-order valence-corrected chi connectivity index (χ0v) is 9.58. The first-order chi connectivity index (χ1) is 6.34. The van der Waals surface area contributed by atoms with E-state index in [1.807, 2.05) is 0 Å². The van der Waals surface area contributed by atoms with Gasteiger partial charge in [-0.2, -0.15) is 0 Å². The second-order valence-electron chi connectivity index (χ2n) is 5.17. The molecule has 82 valence electrons. The minimum atomic E-state index is -0.704. The molecule has 1 fully saturated rings. The molecule has 0 aliphatic carbocycles. The van der Waals surface area contributed by atoms with Gasteiger partial charge in [0.1, 0.15) is 0 Å². The lowest BCUT2D eigenvalue weighted by molar-refractivity contribution is -0.148. The van der Waals surface area contributed by atoms with Gasteiger partial charge in [0.25, 0.3) is 0 Å². The van der Waals surface area contributed by atoms with E-state index < -0.39 is 11.4 Å². The largest absolute Gasteiger partial charge is 0.481 e. The summed E-state index contributed by atoms with van der Waals surface area (Å²) in [5.74, 6) is -0.0103. The Hall–Kier alpha value is -0.570. The molecule has 1 aliphatic rings. The highest BCUT2D eigenvalue weighted by molar-refractivity contribution is 5.73. The van der Waals surface area contributed by atoms with Crippen LogP contribution in [0.4, 0.5) is 0 Å². The molecule has 2 unspecified atom stereocenters. The highest BCUT2D eigenvalue weighted by atomic mass is 16.4. The van der Waals surface area contributed by atoms with Crippen LogP contribution < -0.4 is 0 Å². The summed E-state index contributed by atoms with van der Waals surface area (Å²) in [5.41, 5.74) is -0.627. The molecule has 1 rings (SSSR count). The molecule has 0 saturated carbocycles. The fraction of sp³-hybridized carbons (Fsp3) is 0.909. The average Bonchev–Trinajstić information content (AvgIpc) is 2.35. The molecular formula is C11H21NO2. The van der Waals surface area contributed by atoms with Crippen molar-refractivity contribution in [2.45, 2.75) is 40.2 Å². The molecule has 0 amide bonds. The molecular weight excluding hydrogens is 178 g/mol. The second-order valence-corrected chi connectivity index (χ2v) is 5.17. The van der Waals surface area contributed by atoms with Crippen LogP contribution in [0, 0.1) is 11.3 Å². The van der Waals surface area contributed by atoms with Crippen molar-refractivity contribution in [2.24, 2.45) is 11.3 Å². The van der Waals surface area contributed by atoms with Gasteiger partial charge in [-0.25, -0.2) is 0 Å². The van der Waals surface area contributed by atoms with Gasteiger partial charge in [0, 0.05) is 12.6 Å². The van der Waals surface area contributed by atoms with Crippen LogP contribution in [-0.2, 0) is 4.79 Å². The molecule has 0 aromatic rings. The van der Waals surface area contributed by atoms with Gasteiger partial charge in [-0.1, -0.05) is 6.92 Å². The summed E-state index contributed by atoms with van der Waals surface area (Å²) in [7, 11) is 0. The van der Waals surface area contributed by atoms with Crippen LogP contribution in [0.5, 0.6) is 0 Å². The Bertz CT molecular complexity index is 225. The third-order valence-electron chi connectivity index (χ3n) is 3.45. The van der Waals surface area contributed by atoms with E-state index in [1.165, 1.54) is 6.42 Å². The lowest BCUT2D eigenvalue weighted by Crippen LogP contribution is -2.41. The fourth-order valence-electron chi connectivity index (χ4n) is 1.97. The van der Waals surface area contributed by atoms with Gasteiger partial charge in [0.2, 0.25) is 0 Å². The summed E-state index contributed by atoms with van der Waals surface area (Å²) in [6.07, 6.45) is 1.19. The smallest absolute Gasteiger partial charge is 0.310 e. The Morgan fingerprint density at radius 2 is 2.07 bits per heavy atom. The average molecular weight is 199 g/mol. The number of carboxylic acid groups (broad SMARTS) is 1. The Kier molecular flexibility index (Phi) is 3.20. The van der Waals surface area contributed by atoms with Gasteiger partial charge in [-0.05, 0) is 39.7 Å². The number of carboxylic acids is 1. The van der Waals surface area contributed by atoms with Crippen LogP contribution in [0.2, 0.25) is 0 Å². The van der Waals surface area contributed by atoms with E-state index in [4.69, 9.17) is 5.11 Å². The molecule has 1 N–H and O–H groups in total. The second kappa shape index (κ2) is 3.89. The van der Waals surface area contributed by atoms with Crippen LogP contribution in [0.1, 0.15) is 34.1 Å². The van der Waals surface area contributed by atoms with E-state index in [0.717, 1.165) is 6.54 Å². The molecule has 0 bridgehead atoms. The van der Waals surface area contributed by atoms with Crippen molar-refractivity contribution in [1.82, 2.24) is 4.90 Å². The van der Waals surface area contributed by atoms with Crippen LogP contribution in [0.25, 0.3) is 0 Å². The standard InChI is InChI=1S/C11H21NO2/c1-8-5-6-12(9(8)2)7-11(3,4)10(13)14/h8-9H,5-7H2,1-4H3,(H,13,14). The van der Waals surface area contributed by atoms with Gasteiger partial charge >= 0.3 is 5.97 Å². The van der Waals surface area contributed by atoms with Gasteiger partial charge < -0.3 is 5.11 Å². The summed E-state index contributed by atoms with van der Waals surface area (Å²) in [6.45, 7) is 9.72. The molecule has 1 saturated heterocycles. The van der Waals surface area contributed by atoms with Crippen molar-refractivity contribution in [3.63, 3.8) is 0 Å². The highest BCUT2D eigenvalue weighted by Crippen LogP contribution is 2.27. The summed E-state index contributed by atoms with van der Waals surface area (Å²) in [6, 6.07) is 0.522. The maximum Gasteiger partial charge on any atom is 0.310 e. The number of nitrogens with zero attached hydrogens (tertiary/aromatic N) is 1. The first-order valence-corrected chi connectivity index (χ1v) is 5.32. The Balaban J connectivity index is 2.57. The van der Waals surface area contributed by atoms with E-state index in [1.54, 1.807) is 13.8 Å². The zero-order chi connectivity index (χ0) is 10.9. The molecule has 0 spiro atoms. The number of rotatable bonds is 3. The Morgan fingerprint density at radius 3 is 2.43 bits per heavy atom. The zero-order valence-electron chi connectivity index (χ0n) is 9.58. The van der Waals surface area contributed by atoms with Crippen LogP contribution in [0.3, 0.4) is 0 Å². The SMILES string of the molecule is CC1CCN(CC(C)(C)C(=O)O)C1C. The van der Waals surface area contributed by atoms with Crippen molar-refractivity contribution in [3.8, 4) is 0 Å². The molecule has 1 heterocycles. The maximum absolute atomic E-state index is 11.0. The first-order valence-electron chi connectivity index (χ1n) is 5.32. The summed E-state index contributed by atoms with van der Waals surface area (Å²) < 4.78 is 0. The first kappa shape index (κ1) is 11.5. The van der Waals surface area contributed by atoms with Crippen molar-refractivity contribution < 1.29 is 9.90 Å². The summed E-state index contributed by atoms with van der Waals surface area (Å²) >= 11 is 0. The predicted octanol–water partition coefficient (Wildman–Crippen LogP) is 1.83. The Morgan fingerprint density at radius 1 is 1.50 bits per heavy atom. The number of hydrogen-bond acceptors (Lipinski definition) is 2.